The Morgan fingerprint density at radius 1 is 0.688 bits per heavy atom. The van der Waals surface area contributed by atoms with Crippen LogP contribution in [-0.4, -0.2) is 89.7 Å². The minimum Gasteiger partial charge on any atom is -0.496 e. The second kappa shape index (κ2) is 16.7. The molecule has 9 aromatic rings. The van der Waals surface area contributed by atoms with Crippen molar-refractivity contribution in [1.82, 2.24) is 14.7 Å². The third-order valence-corrected chi connectivity index (χ3v) is 15.7. The van der Waals surface area contributed by atoms with Crippen LogP contribution in [0.2, 0.25) is 0 Å². The summed E-state index contributed by atoms with van der Waals surface area (Å²) in [6.45, 7) is 0. The average Bonchev–Trinajstić information content (AvgIpc) is 4.28. The van der Waals surface area contributed by atoms with E-state index >= 15 is 13.2 Å². The maximum atomic E-state index is 16.1. The van der Waals surface area contributed by atoms with E-state index in [-0.39, 0.29) is 33.2 Å². The Morgan fingerprint density at radius 2 is 1.19 bits per heavy atom. The predicted molar refractivity (Wildman–Crippen MR) is 281 cm³/mol. The van der Waals surface area contributed by atoms with E-state index in [9.17, 15) is 15.2 Å². The number of carboxylic acid groups (broad SMARTS) is 1. The van der Waals surface area contributed by atoms with Crippen LogP contribution in [0.15, 0.2) is 93.3 Å². The molecule has 6 bridgehead atoms. The van der Waals surface area contributed by atoms with E-state index in [1.54, 1.807) is 30.6 Å². The molecular formula is C55H41F3N10O8S+2. The maximum absolute atomic E-state index is 16.1. The first-order chi connectivity index (χ1) is 37.2. The van der Waals surface area contributed by atoms with Gasteiger partial charge in [0.25, 0.3) is 17.1 Å². The van der Waals surface area contributed by atoms with Crippen LogP contribution in [0.1, 0.15) is 38.9 Å². The zero-order valence-corrected chi connectivity index (χ0v) is 42.8. The smallest absolute Gasteiger partial charge is 0.418 e. The Hall–Kier alpha value is -9.62. The summed E-state index contributed by atoms with van der Waals surface area (Å²) < 4.78 is 93.3. The highest BCUT2D eigenvalue weighted by molar-refractivity contribution is 7.20. The number of benzene rings is 6. The molecule has 1 unspecified atom stereocenters. The van der Waals surface area contributed by atoms with Gasteiger partial charge in [0.1, 0.15) is 78.7 Å². The summed E-state index contributed by atoms with van der Waals surface area (Å²) >= 11 is 0.626. The van der Waals surface area contributed by atoms with Crippen LogP contribution in [-0.2, 0) is 25.1 Å². The lowest BCUT2D eigenvalue weighted by Crippen LogP contribution is -2.47. The Morgan fingerprint density at radius 3 is 1.73 bits per heavy atom. The highest BCUT2D eigenvalue weighted by Crippen LogP contribution is 2.55. The van der Waals surface area contributed by atoms with Gasteiger partial charge in [-0.2, -0.15) is 23.4 Å². The minimum absolute atomic E-state index is 0.00696. The fourth-order valence-electron chi connectivity index (χ4n) is 11.6. The van der Waals surface area contributed by atoms with E-state index in [2.05, 4.69) is 10.9 Å². The number of hydrogen-bond acceptors (Lipinski definition) is 14. The molecule has 0 amide bonds. The number of hydrazone groups is 2. The molecule has 18 nitrogen and oxygen atoms in total. The fourth-order valence-corrected chi connectivity index (χ4v) is 12.8. The molecule has 3 aromatic heterocycles. The number of anilines is 1. The van der Waals surface area contributed by atoms with Gasteiger partial charge in [0, 0.05) is 51.3 Å². The molecule has 0 fully saturated rings. The number of carboxylic acids is 1. The van der Waals surface area contributed by atoms with Crippen molar-refractivity contribution in [1.29, 1.82) is 5.26 Å². The Labute approximate surface area is 436 Å². The van der Waals surface area contributed by atoms with E-state index < -0.39 is 39.7 Å². The molecule has 22 heteroatoms. The summed E-state index contributed by atoms with van der Waals surface area (Å²) in [4.78, 5) is 28.1. The first-order valence-corrected chi connectivity index (χ1v) is 24.5. The number of rotatable bonds is 8. The number of nitriles is 1. The lowest BCUT2D eigenvalue weighted by molar-refractivity contribution is -0.786. The molecule has 4 aliphatic heterocycles. The number of amidine groups is 3. The number of aromatic nitrogens is 2. The van der Waals surface area contributed by atoms with E-state index in [1.165, 1.54) is 39.1 Å². The van der Waals surface area contributed by atoms with Gasteiger partial charge in [-0.25, -0.2) is 4.79 Å². The first kappa shape index (κ1) is 47.1. The number of halogens is 3. The van der Waals surface area contributed by atoms with Crippen molar-refractivity contribution in [2.24, 2.45) is 29.1 Å². The van der Waals surface area contributed by atoms with Gasteiger partial charge in [-0.1, -0.05) is 78.3 Å². The molecule has 4 aliphatic rings. The van der Waals surface area contributed by atoms with Gasteiger partial charge in [0.05, 0.1) is 70.1 Å². The van der Waals surface area contributed by atoms with E-state index in [1.807, 2.05) is 84.4 Å². The Bertz CT molecular complexity index is 4560. The molecule has 3 N–H and O–H groups in total. The number of thiophene rings is 1. The van der Waals surface area contributed by atoms with Crippen LogP contribution in [0.5, 0.6) is 34.5 Å². The second-order valence-electron chi connectivity index (χ2n) is 18.2. The Kier molecular flexibility index (Phi) is 10.2. The van der Waals surface area contributed by atoms with Crippen LogP contribution < -0.4 is 50.2 Å². The molecule has 0 saturated heterocycles. The SMILES string of the molecule is COc1c2c(c(OC)c3ccccc13)C1=[N+]3N[N+]4=C(N=c5c6c(C(F)(F)F)c(C=C(C#N)C(=O)O)sc6c(n5C)=N1)c1c(c(OC)c5ccccc5c1OC)C4Nc1c4c(OC)c5ccccc5c(OC)c4c(n1C)N=C23. The molecule has 77 heavy (non-hydrogen) atoms. The van der Waals surface area contributed by atoms with E-state index in [4.69, 9.17) is 43.4 Å². The number of alkyl halides is 3. The number of fused-ring (bicyclic) bond motifs is 19. The summed E-state index contributed by atoms with van der Waals surface area (Å²) in [7, 11) is 12.7. The number of methoxy groups -OCH3 is 6. The average molecular weight is 1060 g/mol. The largest absolute Gasteiger partial charge is 0.496 e. The van der Waals surface area contributed by atoms with Crippen molar-refractivity contribution in [3.63, 3.8) is 0 Å². The van der Waals surface area contributed by atoms with Crippen LogP contribution in [0.3, 0.4) is 0 Å². The third kappa shape index (κ3) is 6.16. The van der Waals surface area contributed by atoms with Gasteiger partial charge in [-0.3, -0.25) is 9.13 Å². The number of aliphatic carboxylic acids is 1. The molecule has 0 aliphatic carbocycles. The zero-order chi connectivity index (χ0) is 53.7. The second-order valence-corrected chi connectivity index (χ2v) is 19.3. The number of hydrogen-bond donors (Lipinski definition) is 3. The normalized spacial score (nSPS) is 15.4. The van der Waals surface area contributed by atoms with Crippen LogP contribution >= 0.6 is 11.3 Å². The first-order valence-electron chi connectivity index (χ1n) is 23.7. The molecule has 0 radical (unpaired) electrons. The highest BCUT2D eigenvalue weighted by Gasteiger charge is 2.52. The molecule has 0 spiro atoms. The van der Waals surface area contributed by atoms with Crippen LogP contribution in [0.25, 0.3) is 59.3 Å². The molecule has 1 atom stereocenters. The van der Waals surface area contributed by atoms with Crippen LogP contribution in [0, 0.1) is 11.3 Å². The zero-order valence-electron chi connectivity index (χ0n) is 42.0. The minimum atomic E-state index is -5.12. The molecule has 7 heterocycles. The van der Waals surface area contributed by atoms with E-state index in [0.717, 1.165) is 16.8 Å². The summed E-state index contributed by atoms with van der Waals surface area (Å²) in [5.41, 5.74) is 2.86. The van der Waals surface area contributed by atoms with Gasteiger partial charge >= 0.3 is 23.8 Å². The monoisotopic (exact) mass is 1060 g/mol. The fraction of sp³-hybridized carbons (Fsp3) is 0.182. The highest BCUT2D eigenvalue weighted by atomic mass is 32.1. The van der Waals surface area contributed by atoms with Gasteiger partial charge in [-0.05, 0) is 20.7 Å². The molecule has 6 aromatic carbocycles. The Balaban J connectivity index is 1.33. The number of ether oxygens (including phenoxy) is 6. The molecular weight excluding hydrogens is 1020 g/mol. The lowest BCUT2D eigenvalue weighted by atomic mass is 9.96. The topological polar surface area (TPSA) is 193 Å². The number of carbonyl (C=O) groups is 1. The molecule has 13 rings (SSSR count). The number of aliphatic imine (C=N–C) groups is 1. The lowest BCUT2D eigenvalue weighted by Gasteiger charge is -2.22. The van der Waals surface area contributed by atoms with Gasteiger partial charge < -0.3 is 38.8 Å². The third-order valence-electron chi connectivity index (χ3n) is 14.6. The van der Waals surface area contributed by atoms with Crippen molar-refractivity contribution in [2.75, 3.05) is 48.0 Å². The van der Waals surface area contributed by atoms with Crippen molar-refractivity contribution >= 4 is 106 Å². The summed E-state index contributed by atoms with van der Waals surface area (Å²) in [6, 6.07) is 24.1. The van der Waals surface area contributed by atoms with Crippen molar-refractivity contribution < 1.29 is 60.9 Å². The van der Waals surface area contributed by atoms with E-state index in [0.29, 0.717) is 112 Å². The van der Waals surface area contributed by atoms with Crippen LogP contribution in [0.4, 0.5) is 24.8 Å². The molecule has 0 saturated carbocycles. The molecule has 384 valence electrons. The summed E-state index contributed by atoms with van der Waals surface area (Å²) in [5.74, 6) is 1.94. The van der Waals surface area contributed by atoms with Crippen molar-refractivity contribution in [2.45, 2.75) is 12.3 Å². The van der Waals surface area contributed by atoms with Crippen molar-refractivity contribution in [3.05, 3.63) is 122 Å². The van der Waals surface area contributed by atoms with Crippen molar-refractivity contribution in [3.8, 4) is 40.6 Å². The summed E-state index contributed by atoms with van der Waals surface area (Å²) in [5, 5.41) is 28.4. The maximum Gasteiger partial charge on any atom is 0.418 e. The van der Waals surface area contributed by atoms with Gasteiger partial charge in [0.15, 0.2) is 0 Å². The number of nitrogens with zero attached hydrogens (tertiary/aromatic N) is 8. The number of nitrogens with one attached hydrogen (secondary N) is 2. The predicted octanol–water partition coefficient (Wildman–Crippen LogP) is 8.37. The number of hydrazine groups is 2. The quantitative estimate of drug-likeness (QED) is 0.0752. The van der Waals surface area contributed by atoms with Gasteiger partial charge in [-0.15, -0.1) is 16.0 Å². The summed E-state index contributed by atoms with van der Waals surface area (Å²) in [6.07, 6.45) is -5.48. The van der Waals surface area contributed by atoms with Gasteiger partial charge in [0.2, 0.25) is 6.17 Å². The standard InChI is InChI=1S/C55H39F3N10O8S/c1-65-46-31-32(40(72-4)25-16-10-9-15-24(25)39(31)71-3)47(65)61-50-35-36(44(76-8)29-20-14-13-19-28(29)43(35)75-7)52-63-53-45-37(38(55(56,57)58)30(77-45)21-23(22-59)54(69)70)48(66(53)2)62-51-34-33(49(60-46)67(51)64-68(50)52)41(73-5)26-17-11-12-18-27(26)42(34)74-6/h9-21,49H,1-8H3,(H-,60,63,64,69,70)/p+2.